The van der Waals surface area contributed by atoms with E-state index in [1.54, 1.807) is 26.8 Å². The number of halogens is 2. The van der Waals surface area contributed by atoms with E-state index < -0.39 is 29.3 Å². The molecule has 0 spiro atoms. The number of hydrogen-bond acceptors (Lipinski definition) is 8. The van der Waals surface area contributed by atoms with Crippen LogP contribution >= 0.6 is 50.6 Å². The largest absolute Gasteiger partial charge is 0.463 e. The molecule has 0 saturated carbocycles. The number of esters is 1. The summed E-state index contributed by atoms with van der Waals surface area (Å²) in [7, 11) is 1.10. The van der Waals surface area contributed by atoms with Crippen LogP contribution in [0.1, 0.15) is 30.4 Å². The summed E-state index contributed by atoms with van der Waals surface area (Å²) in [6.45, 7) is 4.93. The van der Waals surface area contributed by atoms with Gasteiger partial charge in [-0.25, -0.2) is 4.79 Å². The molecule has 0 aliphatic carbocycles. The van der Waals surface area contributed by atoms with Crippen molar-refractivity contribution in [3.05, 3.63) is 54.5 Å². The van der Waals surface area contributed by atoms with Crippen molar-refractivity contribution in [2.24, 2.45) is 5.41 Å². The van der Waals surface area contributed by atoms with Gasteiger partial charge in [0.1, 0.15) is 5.03 Å². The van der Waals surface area contributed by atoms with Crippen molar-refractivity contribution < 1.29 is 19.1 Å². The Morgan fingerprint density at radius 1 is 1.24 bits per heavy atom. The van der Waals surface area contributed by atoms with E-state index in [9.17, 15) is 19.2 Å². The smallest absolute Gasteiger partial charge is 0.376 e. The van der Waals surface area contributed by atoms with Gasteiger partial charge >= 0.3 is 5.97 Å². The quantitative estimate of drug-likeness (QED) is 0.220. The highest BCUT2D eigenvalue weighted by Crippen LogP contribution is 2.34. The zero-order chi connectivity index (χ0) is 25.2. The minimum absolute atomic E-state index is 0.198. The molecule has 0 aromatic carbocycles. The van der Waals surface area contributed by atoms with Crippen LogP contribution in [-0.2, 0) is 26.6 Å². The number of methoxy groups -OCH3 is 1. The molecule has 0 N–H and O–H groups in total. The van der Waals surface area contributed by atoms with Crippen molar-refractivity contribution in [2.45, 2.75) is 38.1 Å². The predicted octanol–water partition coefficient (Wildman–Crippen LogP) is 4.91. The average Bonchev–Trinajstić information content (AvgIpc) is 3.38. The number of Topliss-reactive ketones (excluding diaryl/α,β-unsaturated/α-hetero) is 1. The molecule has 3 heterocycles. The molecule has 180 valence electrons. The number of ether oxygens (including phenoxy) is 1. The van der Waals surface area contributed by atoms with E-state index in [-0.39, 0.29) is 5.91 Å². The van der Waals surface area contributed by atoms with Crippen LogP contribution in [0.2, 0.25) is 4.34 Å². The molecule has 0 unspecified atom stereocenters. The second kappa shape index (κ2) is 10.6. The Morgan fingerprint density at radius 2 is 1.94 bits per heavy atom. The van der Waals surface area contributed by atoms with E-state index in [0.717, 1.165) is 16.6 Å². The van der Waals surface area contributed by atoms with Gasteiger partial charge in [-0.1, -0.05) is 32.4 Å². The molecular weight excluding hydrogens is 566 g/mol. The molecule has 3 aromatic rings. The minimum Gasteiger partial charge on any atom is -0.463 e. The first-order valence-electron chi connectivity index (χ1n) is 9.94. The number of aromatic nitrogens is 3. The van der Waals surface area contributed by atoms with Crippen LogP contribution < -0.4 is 5.56 Å². The van der Waals surface area contributed by atoms with Gasteiger partial charge in [-0.15, -0.1) is 23.1 Å². The lowest BCUT2D eigenvalue weighted by molar-refractivity contribution is -0.151. The molecule has 3 rings (SSSR count). The molecule has 0 aliphatic rings. The second-order valence-electron chi connectivity index (χ2n) is 8.25. The summed E-state index contributed by atoms with van der Waals surface area (Å²) in [4.78, 5) is 50.0. The molecule has 0 fully saturated rings. The Balaban J connectivity index is 2.03. The summed E-state index contributed by atoms with van der Waals surface area (Å²) >= 11 is 12.3. The van der Waals surface area contributed by atoms with E-state index in [1.807, 2.05) is 12.1 Å². The molecule has 0 amide bonds. The van der Waals surface area contributed by atoms with E-state index >= 15 is 0 Å². The SMILES string of the molecule is COC(=O)C(=O)Cn1cc(-c2cc(SCc3ccc(Cl)s3)n(C(=O)C(C)(C)C)n2)c(Br)cc1=O. The van der Waals surface area contributed by atoms with E-state index in [2.05, 4.69) is 25.8 Å². The Bertz CT molecular complexity index is 1320. The lowest BCUT2D eigenvalue weighted by atomic mass is 9.96. The zero-order valence-corrected chi connectivity index (χ0v) is 22.7. The molecular formula is C22H21BrClN3O5S2. The third-order valence-corrected chi connectivity index (χ3v) is 7.69. The van der Waals surface area contributed by atoms with Crippen molar-refractivity contribution in [3.63, 3.8) is 0 Å². The molecule has 0 radical (unpaired) electrons. The summed E-state index contributed by atoms with van der Waals surface area (Å²) in [6, 6.07) is 6.78. The van der Waals surface area contributed by atoms with Crippen LogP contribution in [0.5, 0.6) is 0 Å². The summed E-state index contributed by atoms with van der Waals surface area (Å²) in [5.74, 6) is -1.51. The highest BCUT2D eigenvalue weighted by atomic mass is 79.9. The van der Waals surface area contributed by atoms with Crippen molar-refractivity contribution in [3.8, 4) is 11.3 Å². The van der Waals surface area contributed by atoms with Crippen molar-refractivity contribution in [1.82, 2.24) is 14.3 Å². The maximum atomic E-state index is 13.1. The Labute approximate surface area is 217 Å². The first-order chi connectivity index (χ1) is 15.9. The number of hydrogen-bond donors (Lipinski definition) is 0. The fourth-order valence-electron chi connectivity index (χ4n) is 2.83. The number of carbonyl (C=O) groups excluding carboxylic acids is 3. The van der Waals surface area contributed by atoms with Crippen LogP contribution in [0.25, 0.3) is 11.3 Å². The van der Waals surface area contributed by atoms with Gasteiger partial charge in [0.05, 0.1) is 23.7 Å². The van der Waals surface area contributed by atoms with Crippen LogP contribution in [0, 0.1) is 5.41 Å². The van der Waals surface area contributed by atoms with Gasteiger partial charge in [-0.05, 0) is 34.1 Å². The van der Waals surface area contributed by atoms with Crippen molar-refractivity contribution in [1.29, 1.82) is 0 Å². The Hall–Kier alpha value is -2.21. The van der Waals surface area contributed by atoms with Gasteiger partial charge in [-0.3, -0.25) is 14.4 Å². The summed E-state index contributed by atoms with van der Waals surface area (Å²) in [6.07, 6.45) is 1.43. The Morgan fingerprint density at radius 3 is 2.53 bits per heavy atom. The maximum absolute atomic E-state index is 13.1. The fraction of sp³-hybridized carbons (Fsp3) is 0.318. The summed E-state index contributed by atoms with van der Waals surface area (Å²) < 4.78 is 8.01. The van der Waals surface area contributed by atoms with Gasteiger partial charge < -0.3 is 9.30 Å². The number of carbonyl (C=O) groups is 3. The highest BCUT2D eigenvalue weighted by molar-refractivity contribution is 9.10. The molecule has 0 atom stereocenters. The van der Waals surface area contributed by atoms with E-state index in [4.69, 9.17) is 11.6 Å². The number of thiophene rings is 1. The number of ketones is 1. The van der Waals surface area contributed by atoms with Gasteiger partial charge in [0.2, 0.25) is 0 Å². The van der Waals surface area contributed by atoms with Crippen LogP contribution in [0.3, 0.4) is 0 Å². The van der Waals surface area contributed by atoms with Crippen LogP contribution in [0.15, 0.2) is 44.8 Å². The summed E-state index contributed by atoms with van der Waals surface area (Å²) in [5.41, 5.74) is -0.259. The molecule has 0 bridgehead atoms. The first-order valence-corrected chi connectivity index (χ1v) is 12.9. The molecule has 0 aliphatic heterocycles. The van der Waals surface area contributed by atoms with Crippen LogP contribution in [0.4, 0.5) is 0 Å². The molecule has 34 heavy (non-hydrogen) atoms. The third kappa shape index (κ3) is 6.07. The van der Waals surface area contributed by atoms with Crippen molar-refractivity contribution >= 4 is 68.3 Å². The van der Waals surface area contributed by atoms with Gasteiger partial charge in [0, 0.05) is 38.3 Å². The van der Waals surface area contributed by atoms with Gasteiger partial charge in [0.25, 0.3) is 17.2 Å². The lowest BCUT2D eigenvalue weighted by Gasteiger charge is -2.17. The van der Waals surface area contributed by atoms with E-state index in [0.29, 0.717) is 30.8 Å². The Kier molecular flexibility index (Phi) is 8.22. The van der Waals surface area contributed by atoms with Crippen LogP contribution in [-0.4, -0.2) is 39.1 Å². The molecule has 3 aromatic heterocycles. The standard InChI is InChI=1S/C22H21BrClN3O5S2/c1-22(2,3)21(31)27-19(33-11-12-5-6-17(24)34-12)8-15(25-27)13-9-26(18(29)7-14(13)23)10-16(28)20(30)32-4/h5-9H,10-11H2,1-4H3. The van der Waals surface area contributed by atoms with E-state index in [1.165, 1.54) is 40.0 Å². The average molecular weight is 587 g/mol. The maximum Gasteiger partial charge on any atom is 0.376 e. The molecule has 0 saturated heterocycles. The number of pyridine rings is 1. The normalized spacial score (nSPS) is 11.5. The third-order valence-electron chi connectivity index (χ3n) is 4.58. The second-order valence-corrected chi connectivity index (χ2v) is 11.9. The topological polar surface area (TPSA) is 100 Å². The zero-order valence-electron chi connectivity index (χ0n) is 18.8. The van der Waals surface area contributed by atoms with Gasteiger partial charge in [0.15, 0.2) is 0 Å². The monoisotopic (exact) mass is 585 g/mol. The molecule has 8 nitrogen and oxygen atoms in total. The fourth-order valence-corrected chi connectivity index (χ4v) is 5.46. The van der Waals surface area contributed by atoms with Gasteiger partial charge in [-0.2, -0.15) is 9.78 Å². The lowest BCUT2D eigenvalue weighted by Crippen LogP contribution is -2.28. The van der Waals surface area contributed by atoms with Crippen molar-refractivity contribution in [2.75, 3.05) is 7.11 Å². The minimum atomic E-state index is -1.04. The first kappa shape index (κ1) is 26.4. The summed E-state index contributed by atoms with van der Waals surface area (Å²) in [5, 5.41) is 5.15. The molecule has 12 heteroatoms. The number of nitrogens with zero attached hydrogens (tertiary/aromatic N) is 3. The highest BCUT2D eigenvalue weighted by Gasteiger charge is 2.28. The predicted molar refractivity (Wildman–Crippen MR) is 136 cm³/mol. The number of thioether (sulfide) groups is 1. The number of rotatable bonds is 7.